The van der Waals surface area contributed by atoms with Crippen LogP contribution in [0.25, 0.3) is 0 Å². The first-order valence-electron chi connectivity index (χ1n) is 7.17. The molecule has 1 rings (SSSR count). The second-order valence-corrected chi connectivity index (χ2v) is 5.70. The molecule has 0 aromatic carbocycles. The molecule has 1 unspecified atom stereocenters. The van der Waals surface area contributed by atoms with Crippen LogP contribution >= 0.6 is 0 Å². The highest BCUT2D eigenvalue weighted by Crippen LogP contribution is 2.26. The molecule has 0 aromatic heterocycles. The van der Waals surface area contributed by atoms with Crippen molar-refractivity contribution in [3.63, 3.8) is 0 Å². The van der Waals surface area contributed by atoms with Crippen molar-refractivity contribution in [3.8, 4) is 0 Å². The van der Waals surface area contributed by atoms with Crippen LogP contribution in [0.2, 0.25) is 0 Å². The van der Waals surface area contributed by atoms with Gasteiger partial charge in [-0.05, 0) is 25.7 Å². The van der Waals surface area contributed by atoms with E-state index in [1.807, 2.05) is 6.92 Å². The van der Waals surface area contributed by atoms with E-state index >= 15 is 0 Å². The second-order valence-electron chi connectivity index (χ2n) is 5.70. The van der Waals surface area contributed by atoms with Gasteiger partial charge in [-0.3, -0.25) is 4.79 Å². The Bertz CT molecular complexity index is 261. The summed E-state index contributed by atoms with van der Waals surface area (Å²) in [6, 6.07) is 0.0554. The Labute approximate surface area is 111 Å². The topological polar surface area (TPSA) is 64.3 Å². The van der Waals surface area contributed by atoms with Gasteiger partial charge < -0.3 is 15.8 Å². The standard InChI is InChI=1S/C14H28N2O2/c1-4-18-10-12(11(2)3)16-13(17)14(15)8-6-5-7-9-14/h11-12H,4-10,15H2,1-3H3,(H,16,17). The van der Waals surface area contributed by atoms with Crippen molar-refractivity contribution in [3.05, 3.63) is 0 Å². The van der Waals surface area contributed by atoms with Gasteiger partial charge in [0.05, 0.1) is 18.2 Å². The maximum absolute atomic E-state index is 12.3. The zero-order valence-electron chi connectivity index (χ0n) is 12.0. The highest BCUT2D eigenvalue weighted by atomic mass is 16.5. The third kappa shape index (κ3) is 4.25. The molecular weight excluding hydrogens is 228 g/mol. The van der Waals surface area contributed by atoms with Crippen molar-refractivity contribution < 1.29 is 9.53 Å². The van der Waals surface area contributed by atoms with Crippen LogP contribution in [0.4, 0.5) is 0 Å². The van der Waals surface area contributed by atoms with Gasteiger partial charge in [0.2, 0.25) is 5.91 Å². The van der Waals surface area contributed by atoms with E-state index in [0.29, 0.717) is 19.1 Å². The van der Waals surface area contributed by atoms with Crippen molar-refractivity contribution in [2.75, 3.05) is 13.2 Å². The monoisotopic (exact) mass is 256 g/mol. The molecule has 0 bridgehead atoms. The van der Waals surface area contributed by atoms with Crippen molar-refractivity contribution >= 4 is 5.91 Å². The number of nitrogens with two attached hydrogens (primary N) is 1. The lowest BCUT2D eigenvalue weighted by Crippen LogP contribution is -2.58. The Hall–Kier alpha value is -0.610. The average Bonchev–Trinajstić information content (AvgIpc) is 2.34. The highest BCUT2D eigenvalue weighted by molar-refractivity contribution is 5.86. The van der Waals surface area contributed by atoms with Crippen LogP contribution in [0.15, 0.2) is 0 Å². The van der Waals surface area contributed by atoms with Crippen LogP contribution in [0, 0.1) is 5.92 Å². The van der Waals surface area contributed by atoms with Crippen LogP contribution in [-0.2, 0) is 9.53 Å². The number of carbonyl (C=O) groups is 1. The number of hydrogen-bond donors (Lipinski definition) is 2. The minimum absolute atomic E-state index is 0.000558. The van der Waals surface area contributed by atoms with E-state index in [9.17, 15) is 4.79 Å². The fraction of sp³-hybridized carbons (Fsp3) is 0.929. The van der Waals surface area contributed by atoms with Gasteiger partial charge in [0.25, 0.3) is 0 Å². The molecule has 0 aliphatic heterocycles. The molecule has 1 fully saturated rings. The van der Waals surface area contributed by atoms with Crippen LogP contribution in [0.5, 0.6) is 0 Å². The molecule has 1 aliphatic carbocycles. The summed E-state index contributed by atoms with van der Waals surface area (Å²) in [7, 11) is 0. The van der Waals surface area contributed by atoms with Crippen LogP contribution < -0.4 is 11.1 Å². The summed E-state index contributed by atoms with van der Waals surface area (Å²) in [4.78, 5) is 12.3. The molecule has 1 aliphatic rings. The van der Waals surface area contributed by atoms with Crippen molar-refractivity contribution in [1.29, 1.82) is 0 Å². The van der Waals surface area contributed by atoms with Gasteiger partial charge >= 0.3 is 0 Å². The Morgan fingerprint density at radius 3 is 2.44 bits per heavy atom. The van der Waals surface area contributed by atoms with E-state index in [1.54, 1.807) is 0 Å². The molecule has 1 amide bonds. The minimum Gasteiger partial charge on any atom is -0.380 e. The number of carbonyl (C=O) groups excluding carboxylic acids is 1. The zero-order chi connectivity index (χ0) is 13.6. The quantitative estimate of drug-likeness (QED) is 0.762. The first-order valence-corrected chi connectivity index (χ1v) is 7.17. The molecule has 4 heteroatoms. The maximum Gasteiger partial charge on any atom is 0.240 e. The first kappa shape index (κ1) is 15.4. The molecule has 3 N–H and O–H groups in total. The van der Waals surface area contributed by atoms with E-state index in [1.165, 1.54) is 6.42 Å². The van der Waals surface area contributed by atoms with E-state index in [4.69, 9.17) is 10.5 Å². The van der Waals surface area contributed by atoms with E-state index in [2.05, 4.69) is 19.2 Å². The highest BCUT2D eigenvalue weighted by Gasteiger charge is 2.36. The smallest absolute Gasteiger partial charge is 0.240 e. The molecule has 106 valence electrons. The summed E-state index contributed by atoms with van der Waals surface area (Å²) in [6.07, 6.45) is 4.92. The largest absolute Gasteiger partial charge is 0.380 e. The second kappa shape index (κ2) is 7.10. The third-order valence-corrected chi connectivity index (χ3v) is 3.82. The van der Waals surface area contributed by atoms with Gasteiger partial charge in [-0.15, -0.1) is 0 Å². The molecule has 1 saturated carbocycles. The Morgan fingerprint density at radius 2 is 1.94 bits per heavy atom. The number of rotatable bonds is 6. The van der Waals surface area contributed by atoms with Gasteiger partial charge in [-0.2, -0.15) is 0 Å². The SMILES string of the molecule is CCOCC(NC(=O)C1(N)CCCCC1)C(C)C. The predicted molar refractivity (Wildman–Crippen MR) is 73.3 cm³/mol. The zero-order valence-corrected chi connectivity index (χ0v) is 12.0. The molecule has 0 heterocycles. The van der Waals surface area contributed by atoms with Crippen LogP contribution in [0.3, 0.4) is 0 Å². The normalized spacial score (nSPS) is 20.7. The van der Waals surface area contributed by atoms with Crippen LogP contribution in [0.1, 0.15) is 52.9 Å². The third-order valence-electron chi connectivity index (χ3n) is 3.82. The number of nitrogens with one attached hydrogen (secondary N) is 1. The fourth-order valence-electron chi connectivity index (χ4n) is 2.37. The van der Waals surface area contributed by atoms with Crippen molar-refractivity contribution in [1.82, 2.24) is 5.32 Å². The van der Waals surface area contributed by atoms with E-state index in [0.717, 1.165) is 25.7 Å². The summed E-state index contributed by atoms with van der Waals surface area (Å²) < 4.78 is 5.42. The number of hydrogen-bond acceptors (Lipinski definition) is 3. The van der Waals surface area contributed by atoms with E-state index in [-0.39, 0.29) is 11.9 Å². The van der Waals surface area contributed by atoms with Crippen molar-refractivity contribution in [2.24, 2.45) is 11.7 Å². The van der Waals surface area contributed by atoms with Gasteiger partial charge in [0.1, 0.15) is 0 Å². The maximum atomic E-state index is 12.3. The predicted octanol–water partition coefficient (Wildman–Crippen LogP) is 1.83. The van der Waals surface area contributed by atoms with Crippen molar-refractivity contribution in [2.45, 2.75) is 64.5 Å². The summed E-state index contributed by atoms with van der Waals surface area (Å²) >= 11 is 0. The van der Waals surface area contributed by atoms with Crippen LogP contribution in [-0.4, -0.2) is 30.7 Å². The first-order chi connectivity index (χ1) is 8.49. The fourth-order valence-corrected chi connectivity index (χ4v) is 2.37. The van der Waals surface area contributed by atoms with Gasteiger partial charge in [-0.25, -0.2) is 0 Å². The molecule has 18 heavy (non-hydrogen) atoms. The summed E-state index contributed by atoms with van der Waals surface area (Å²) in [5.41, 5.74) is 5.57. The molecule has 1 atom stereocenters. The van der Waals surface area contributed by atoms with Gasteiger partial charge in [0, 0.05) is 6.61 Å². The Balaban J connectivity index is 2.54. The lowest BCUT2D eigenvalue weighted by atomic mass is 9.81. The number of ether oxygens (including phenoxy) is 1. The molecule has 0 spiro atoms. The lowest BCUT2D eigenvalue weighted by Gasteiger charge is -2.34. The Morgan fingerprint density at radius 1 is 1.33 bits per heavy atom. The molecule has 0 radical (unpaired) electrons. The van der Waals surface area contributed by atoms with E-state index < -0.39 is 5.54 Å². The molecular formula is C14H28N2O2. The average molecular weight is 256 g/mol. The minimum atomic E-state index is -0.655. The molecule has 0 saturated heterocycles. The number of amides is 1. The molecule has 4 nitrogen and oxygen atoms in total. The summed E-state index contributed by atoms with van der Waals surface area (Å²) in [5.74, 6) is 0.355. The lowest BCUT2D eigenvalue weighted by molar-refractivity contribution is -0.129. The Kier molecular flexibility index (Phi) is 6.09. The van der Waals surface area contributed by atoms with Gasteiger partial charge in [0.15, 0.2) is 0 Å². The summed E-state index contributed by atoms with van der Waals surface area (Å²) in [6.45, 7) is 7.38. The van der Waals surface area contributed by atoms with Gasteiger partial charge in [-0.1, -0.05) is 33.1 Å². The summed E-state index contributed by atoms with van der Waals surface area (Å²) in [5, 5.41) is 3.07. The molecule has 0 aromatic rings.